The third kappa shape index (κ3) is 4.70. The number of rotatable bonds is 7. The number of benzene rings is 2. The number of fused-ring (bicyclic) bond motifs is 1. The molecule has 0 aliphatic carbocycles. The van der Waals surface area contributed by atoms with Gasteiger partial charge >= 0.3 is 5.69 Å². The minimum absolute atomic E-state index is 0.00332. The minimum atomic E-state index is -0.843. The summed E-state index contributed by atoms with van der Waals surface area (Å²) in [5.74, 6) is -2.96. The first-order valence-electron chi connectivity index (χ1n) is 10.5. The predicted molar refractivity (Wildman–Crippen MR) is 126 cm³/mol. The van der Waals surface area contributed by atoms with E-state index in [9.17, 15) is 33.1 Å². The number of aliphatic hydroxyl groups is 1. The molecule has 36 heavy (non-hydrogen) atoms. The van der Waals surface area contributed by atoms with Crippen molar-refractivity contribution in [3.63, 3.8) is 0 Å². The van der Waals surface area contributed by atoms with Gasteiger partial charge in [-0.25, -0.2) is 18.1 Å². The second-order valence-corrected chi connectivity index (χ2v) is 8.27. The Morgan fingerprint density at radius 1 is 1.14 bits per heavy atom. The van der Waals surface area contributed by atoms with Gasteiger partial charge in [0.15, 0.2) is 5.78 Å². The molecule has 0 atom stereocenters. The van der Waals surface area contributed by atoms with Crippen LogP contribution < -0.4 is 16.0 Å². The van der Waals surface area contributed by atoms with Crippen LogP contribution in [0.5, 0.6) is 5.75 Å². The highest BCUT2D eigenvalue weighted by atomic mass is 35.5. The van der Waals surface area contributed by atoms with E-state index in [-0.39, 0.29) is 46.0 Å². The second-order valence-electron chi connectivity index (χ2n) is 7.89. The largest absolute Gasteiger partial charge is 0.487 e. The number of imidazole rings is 1. The van der Waals surface area contributed by atoms with Gasteiger partial charge in [0.1, 0.15) is 35.6 Å². The first-order valence-corrected chi connectivity index (χ1v) is 10.9. The minimum Gasteiger partial charge on any atom is -0.487 e. The lowest BCUT2D eigenvalue weighted by Crippen LogP contribution is -2.21. The van der Waals surface area contributed by atoms with Crippen molar-refractivity contribution in [1.82, 2.24) is 14.5 Å². The molecule has 0 saturated carbocycles. The molecule has 0 unspecified atom stereocenters. The fourth-order valence-corrected chi connectivity index (χ4v) is 4.04. The highest BCUT2D eigenvalue weighted by Gasteiger charge is 2.20. The van der Waals surface area contributed by atoms with Crippen molar-refractivity contribution < 1.29 is 28.2 Å². The standard InChI is InChI=1S/C24H18ClF2N3O6/c1-11(32)30-18-6-12(5-16(19(33)9-31)21(18)29-24(30)35)4-14-8-28-23(34)20(25)22(14)36-10-13-2-3-15(26)7-17(13)27/h2-3,5-8,31H,4,9-10H2,1H3,(H,28,34)(H,29,35). The van der Waals surface area contributed by atoms with Crippen LogP contribution in [0.2, 0.25) is 5.02 Å². The molecule has 0 bridgehead atoms. The molecule has 0 saturated heterocycles. The topological polar surface area (TPSA) is 134 Å². The van der Waals surface area contributed by atoms with Gasteiger partial charge < -0.3 is 19.8 Å². The molecule has 0 aliphatic heterocycles. The predicted octanol–water partition coefficient (Wildman–Crippen LogP) is 2.95. The van der Waals surface area contributed by atoms with Gasteiger partial charge in [0.05, 0.1) is 11.0 Å². The molecule has 2 aromatic carbocycles. The molecule has 4 aromatic rings. The normalized spacial score (nSPS) is 11.1. The summed E-state index contributed by atoms with van der Waals surface area (Å²) in [5.41, 5.74) is -0.474. The van der Waals surface area contributed by atoms with E-state index in [4.69, 9.17) is 16.3 Å². The van der Waals surface area contributed by atoms with E-state index in [1.807, 2.05) is 0 Å². The summed E-state index contributed by atoms with van der Waals surface area (Å²) < 4.78 is 33.8. The SMILES string of the molecule is CC(=O)n1c(=O)[nH]c2c(C(=O)CO)cc(Cc3c[nH]c(=O)c(Cl)c3OCc3ccc(F)cc3F)cc21. The first-order chi connectivity index (χ1) is 17.1. The molecule has 9 nitrogen and oxygen atoms in total. The van der Waals surface area contributed by atoms with Crippen molar-refractivity contribution >= 4 is 34.3 Å². The van der Waals surface area contributed by atoms with Crippen molar-refractivity contribution in [2.45, 2.75) is 20.0 Å². The van der Waals surface area contributed by atoms with Crippen LogP contribution in [-0.2, 0) is 13.0 Å². The van der Waals surface area contributed by atoms with Crippen LogP contribution >= 0.6 is 11.6 Å². The fraction of sp³-hybridized carbons (Fsp3) is 0.167. The Labute approximate surface area is 205 Å². The lowest BCUT2D eigenvalue weighted by Gasteiger charge is -2.14. The Balaban J connectivity index is 1.79. The van der Waals surface area contributed by atoms with Crippen LogP contribution in [-0.4, -0.2) is 37.9 Å². The number of aliphatic hydroxyl groups excluding tert-OH is 1. The second kappa shape index (κ2) is 9.88. The molecule has 186 valence electrons. The molecular weight excluding hydrogens is 500 g/mol. The van der Waals surface area contributed by atoms with Gasteiger partial charge in [-0.15, -0.1) is 0 Å². The number of hydrogen-bond acceptors (Lipinski definition) is 6. The van der Waals surface area contributed by atoms with E-state index < -0.39 is 41.2 Å². The maximum absolute atomic E-state index is 14.1. The average molecular weight is 518 g/mol. The summed E-state index contributed by atoms with van der Waals surface area (Å²) in [6.45, 7) is -0.0255. The van der Waals surface area contributed by atoms with Crippen molar-refractivity contribution in [2.24, 2.45) is 0 Å². The fourth-order valence-electron chi connectivity index (χ4n) is 3.81. The van der Waals surface area contributed by atoms with E-state index in [2.05, 4.69) is 9.97 Å². The van der Waals surface area contributed by atoms with Crippen molar-refractivity contribution in [3.05, 3.63) is 96.3 Å². The van der Waals surface area contributed by atoms with Crippen molar-refractivity contribution in [3.8, 4) is 5.75 Å². The molecule has 2 aromatic heterocycles. The van der Waals surface area contributed by atoms with Gasteiger partial charge in [0.2, 0.25) is 5.91 Å². The van der Waals surface area contributed by atoms with E-state index in [1.54, 1.807) is 0 Å². The van der Waals surface area contributed by atoms with E-state index >= 15 is 0 Å². The third-order valence-electron chi connectivity index (χ3n) is 5.46. The quantitative estimate of drug-likeness (QED) is 0.323. The Morgan fingerprint density at radius 2 is 1.89 bits per heavy atom. The number of halogens is 3. The van der Waals surface area contributed by atoms with Crippen LogP contribution in [0.15, 0.2) is 46.1 Å². The highest BCUT2D eigenvalue weighted by molar-refractivity contribution is 6.32. The molecule has 2 heterocycles. The lowest BCUT2D eigenvalue weighted by atomic mass is 10.00. The van der Waals surface area contributed by atoms with Crippen LogP contribution in [0, 0.1) is 11.6 Å². The van der Waals surface area contributed by atoms with Crippen LogP contribution in [0.4, 0.5) is 8.78 Å². The summed E-state index contributed by atoms with van der Waals surface area (Å²) in [7, 11) is 0. The number of H-pyrrole nitrogens is 2. The Morgan fingerprint density at radius 3 is 2.56 bits per heavy atom. The number of aromatic nitrogens is 3. The number of nitrogens with one attached hydrogen (secondary N) is 2. The van der Waals surface area contributed by atoms with Crippen molar-refractivity contribution in [1.29, 1.82) is 0 Å². The van der Waals surface area contributed by atoms with Gasteiger partial charge in [0, 0.05) is 42.3 Å². The number of carbonyl (C=O) groups is 2. The molecule has 0 fully saturated rings. The lowest BCUT2D eigenvalue weighted by molar-refractivity contribution is 0.0903. The number of hydrogen-bond donors (Lipinski definition) is 3. The van der Waals surface area contributed by atoms with Gasteiger partial charge in [-0.05, 0) is 29.8 Å². The molecule has 0 aliphatic rings. The van der Waals surface area contributed by atoms with Crippen LogP contribution in [0.3, 0.4) is 0 Å². The summed E-state index contributed by atoms with van der Waals surface area (Å²) in [6, 6.07) is 5.86. The smallest absolute Gasteiger partial charge is 0.333 e. The molecule has 3 N–H and O–H groups in total. The number of nitrogens with zero attached hydrogens (tertiary/aromatic N) is 1. The molecule has 4 rings (SSSR count). The van der Waals surface area contributed by atoms with Gasteiger partial charge in [-0.2, -0.15) is 0 Å². The number of Topliss-reactive ketones (excluding diaryl/α,β-unsaturated/α-hetero) is 1. The van der Waals surface area contributed by atoms with Gasteiger partial charge in [0.25, 0.3) is 5.56 Å². The van der Waals surface area contributed by atoms with Gasteiger partial charge in [-0.3, -0.25) is 14.4 Å². The van der Waals surface area contributed by atoms with E-state index in [0.29, 0.717) is 17.2 Å². The Kier molecular flexibility index (Phi) is 6.86. The summed E-state index contributed by atoms with van der Waals surface area (Å²) in [4.78, 5) is 53.7. The molecule has 0 amide bonds. The highest BCUT2D eigenvalue weighted by Crippen LogP contribution is 2.30. The Bertz CT molecular complexity index is 1640. The van der Waals surface area contributed by atoms with Crippen LogP contribution in [0.1, 0.15) is 38.8 Å². The maximum atomic E-state index is 14.1. The number of pyridine rings is 1. The van der Waals surface area contributed by atoms with E-state index in [1.165, 1.54) is 31.3 Å². The first kappa shape index (κ1) is 25.0. The summed E-state index contributed by atoms with van der Waals surface area (Å²) in [6.07, 6.45) is 1.31. The molecule has 12 heteroatoms. The molecule has 0 spiro atoms. The number of ketones is 1. The average Bonchev–Trinajstić information content (AvgIpc) is 3.17. The zero-order chi connectivity index (χ0) is 26.1. The molecule has 0 radical (unpaired) electrons. The number of carbonyl (C=O) groups excluding carboxylic acids is 2. The third-order valence-corrected chi connectivity index (χ3v) is 5.80. The summed E-state index contributed by atoms with van der Waals surface area (Å²) >= 11 is 6.16. The summed E-state index contributed by atoms with van der Waals surface area (Å²) in [5, 5.41) is 9.08. The van der Waals surface area contributed by atoms with E-state index in [0.717, 1.165) is 10.6 Å². The number of ether oxygens (including phenoxy) is 1. The van der Waals surface area contributed by atoms with Crippen molar-refractivity contribution in [2.75, 3.05) is 6.61 Å². The number of aromatic amines is 2. The Hall–Kier alpha value is -4.09. The zero-order valence-corrected chi connectivity index (χ0v) is 19.4. The zero-order valence-electron chi connectivity index (χ0n) is 18.7. The van der Waals surface area contributed by atoms with Gasteiger partial charge in [-0.1, -0.05) is 11.6 Å². The molecular formula is C24H18ClF2N3O6. The van der Waals surface area contributed by atoms with Crippen LogP contribution in [0.25, 0.3) is 11.0 Å². The monoisotopic (exact) mass is 517 g/mol. The maximum Gasteiger partial charge on any atom is 0.333 e.